The van der Waals surface area contributed by atoms with Crippen LogP contribution >= 0.6 is 0 Å². The van der Waals surface area contributed by atoms with Crippen molar-refractivity contribution in [3.8, 4) is 0 Å². The average molecular weight is 267 g/mol. The van der Waals surface area contributed by atoms with Crippen LogP contribution in [0.4, 0.5) is 4.39 Å². The van der Waals surface area contributed by atoms with Gasteiger partial charge in [0.1, 0.15) is 5.82 Å². The molecular formula is C17H14FNO. The second kappa shape index (κ2) is 4.93. The minimum atomic E-state index is -0.263. The highest BCUT2D eigenvalue weighted by Crippen LogP contribution is 2.18. The molecule has 0 atom stereocenters. The quantitative estimate of drug-likeness (QED) is 0.658. The second-order valence-electron chi connectivity index (χ2n) is 4.88. The summed E-state index contributed by atoms with van der Waals surface area (Å²) in [5.41, 5.74) is 2.57. The maximum absolute atomic E-state index is 13.2. The van der Waals surface area contributed by atoms with Crippen LogP contribution in [-0.4, -0.2) is 10.4 Å². The van der Waals surface area contributed by atoms with E-state index in [1.807, 2.05) is 48.0 Å². The van der Waals surface area contributed by atoms with Crippen LogP contribution in [0.2, 0.25) is 0 Å². The molecule has 2 nitrogen and oxygen atoms in total. The molecule has 0 saturated heterocycles. The maximum atomic E-state index is 13.2. The lowest BCUT2D eigenvalue weighted by molar-refractivity contribution is 0.0973. The van der Waals surface area contributed by atoms with E-state index in [0.29, 0.717) is 0 Å². The molecule has 2 aromatic carbocycles. The van der Waals surface area contributed by atoms with Gasteiger partial charge in [0.2, 0.25) is 0 Å². The van der Waals surface area contributed by atoms with E-state index in [2.05, 4.69) is 0 Å². The largest absolute Gasteiger partial charge is 0.340 e. The first kappa shape index (κ1) is 12.6. The van der Waals surface area contributed by atoms with Crippen molar-refractivity contribution in [2.45, 2.75) is 13.5 Å². The summed E-state index contributed by atoms with van der Waals surface area (Å²) in [5.74, 6) is -0.203. The second-order valence-corrected chi connectivity index (χ2v) is 4.88. The summed E-state index contributed by atoms with van der Waals surface area (Å²) in [4.78, 5) is 12.3. The zero-order chi connectivity index (χ0) is 14.1. The zero-order valence-electron chi connectivity index (χ0n) is 11.1. The predicted octanol–water partition coefficient (Wildman–Crippen LogP) is 3.97. The summed E-state index contributed by atoms with van der Waals surface area (Å²) in [6, 6.07) is 14.0. The number of benzene rings is 2. The van der Waals surface area contributed by atoms with Crippen molar-refractivity contribution in [3.63, 3.8) is 0 Å². The SMILES string of the molecule is Cc1ccccc1C(=O)Cn1ccc2cc(F)ccc21. The molecule has 0 spiro atoms. The number of nitrogens with zero attached hydrogens (tertiary/aromatic N) is 1. The molecule has 0 unspecified atom stereocenters. The standard InChI is InChI=1S/C17H14FNO/c1-12-4-2-3-5-15(12)17(20)11-19-9-8-13-10-14(18)6-7-16(13)19/h2-10H,11H2,1H3. The number of rotatable bonds is 3. The molecule has 3 rings (SSSR count). The third kappa shape index (κ3) is 2.23. The summed E-state index contributed by atoms with van der Waals surface area (Å²) in [7, 11) is 0. The number of fused-ring (bicyclic) bond motifs is 1. The van der Waals surface area contributed by atoms with Crippen LogP contribution in [0, 0.1) is 12.7 Å². The van der Waals surface area contributed by atoms with Crippen LogP contribution in [0.5, 0.6) is 0 Å². The molecule has 0 radical (unpaired) electrons. The Labute approximate surface area is 116 Å². The highest BCUT2D eigenvalue weighted by atomic mass is 19.1. The Balaban J connectivity index is 1.94. The number of hydrogen-bond acceptors (Lipinski definition) is 1. The van der Waals surface area contributed by atoms with E-state index in [-0.39, 0.29) is 18.1 Å². The molecule has 0 fully saturated rings. The molecule has 1 aromatic heterocycles. The maximum Gasteiger partial charge on any atom is 0.182 e. The van der Waals surface area contributed by atoms with Gasteiger partial charge >= 0.3 is 0 Å². The van der Waals surface area contributed by atoms with Gasteiger partial charge in [0.25, 0.3) is 0 Å². The Morgan fingerprint density at radius 1 is 1.15 bits per heavy atom. The number of aryl methyl sites for hydroxylation is 1. The fourth-order valence-electron chi connectivity index (χ4n) is 2.43. The lowest BCUT2D eigenvalue weighted by Crippen LogP contribution is -2.10. The first-order valence-electron chi connectivity index (χ1n) is 6.48. The van der Waals surface area contributed by atoms with Crippen molar-refractivity contribution < 1.29 is 9.18 Å². The van der Waals surface area contributed by atoms with Gasteiger partial charge < -0.3 is 4.57 Å². The van der Waals surface area contributed by atoms with E-state index in [9.17, 15) is 9.18 Å². The van der Waals surface area contributed by atoms with Crippen LogP contribution in [0.15, 0.2) is 54.7 Å². The molecule has 3 aromatic rings. The molecule has 1 heterocycles. The van der Waals surface area contributed by atoms with Crippen molar-refractivity contribution in [1.82, 2.24) is 4.57 Å². The van der Waals surface area contributed by atoms with Crippen molar-refractivity contribution in [2.24, 2.45) is 0 Å². The topological polar surface area (TPSA) is 22.0 Å². The van der Waals surface area contributed by atoms with E-state index >= 15 is 0 Å². The van der Waals surface area contributed by atoms with E-state index in [1.165, 1.54) is 12.1 Å². The van der Waals surface area contributed by atoms with Crippen LogP contribution in [0.25, 0.3) is 10.9 Å². The van der Waals surface area contributed by atoms with Crippen molar-refractivity contribution >= 4 is 16.7 Å². The van der Waals surface area contributed by atoms with Crippen LogP contribution in [0.3, 0.4) is 0 Å². The Morgan fingerprint density at radius 3 is 2.75 bits per heavy atom. The Bertz CT molecular complexity index is 789. The van der Waals surface area contributed by atoms with Gasteiger partial charge in [-0.05, 0) is 36.8 Å². The Hall–Kier alpha value is -2.42. The third-order valence-electron chi connectivity index (χ3n) is 3.49. The van der Waals surface area contributed by atoms with E-state index in [4.69, 9.17) is 0 Å². The van der Waals surface area contributed by atoms with Gasteiger partial charge in [-0.3, -0.25) is 4.79 Å². The number of Topliss-reactive ketones (excluding diaryl/α,β-unsaturated/α-hetero) is 1. The van der Waals surface area contributed by atoms with Crippen molar-refractivity contribution in [2.75, 3.05) is 0 Å². The fourth-order valence-corrected chi connectivity index (χ4v) is 2.43. The predicted molar refractivity (Wildman–Crippen MR) is 77.4 cm³/mol. The van der Waals surface area contributed by atoms with Gasteiger partial charge in [-0.15, -0.1) is 0 Å². The molecule has 100 valence electrons. The van der Waals surface area contributed by atoms with Gasteiger partial charge in [-0.1, -0.05) is 24.3 Å². The van der Waals surface area contributed by atoms with Crippen molar-refractivity contribution in [1.29, 1.82) is 0 Å². The molecule has 0 N–H and O–H groups in total. The number of carbonyl (C=O) groups is 1. The summed E-state index contributed by atoms with van der Waals surface area (Å²) in [6.07, 6.45) is 1.82. The summed E-state index contributed by atoms with van der Waals surface area (Å²) in [5, 5.41) is 0.808. The number of halogens is 1. The van der Waals surface area contributed by atoms with Crippen molar-refractivity contribution in [3.05, 3.63) is 71.7 Å². The summed E-state index contributed by atoms with van der Waals surface area (Å²) < 4.78 is 15.0. The highest BCUT2D eigenvalue weighted by Gasteiger charge is 2.11. The molecule has 0 aliphatic rings. The summed E-state index contributed by atoms with van der Waals surface area (Å²) in [6.45, 7) is 2.19. The van der Waals surface area contributed by atoms with Crippen LogP contribution < -0.4 is 0 Å². The third-order valence-corrected chi connectivity index (χ3v) is 3.49. The minimum Gasteiger partial charge on any atom is -0.340 e. The Morgan fingerprint density at radius 2 is 1.95 bits per heavy atom. The minimum absolute atomic E-state index is 0.0601. The van der Waals surface area contributed by atoms with Gasteiger partial charge in [-0.25, -0.2) is 4.39 Å². The van der Waals surface area contributed by atoms with Gasteiger partial charge in [0, 0.05) is 22.7 Å². The lowest BCUT2D eigenvalue weighted by atomic mass is 10.1. The zero-order valence-corrected chi connectivity index (χ0v) is 11.1. The normalized spacial score (nSPS) is 10.9. The molecule has 0 aliphatic carbocycles. The summed E-state index contributed by atoms with van der Waals surface area (Å²) >= 11 is 0. The van der Waals surface area contributed by atoms with Gasteiger partial charge in [-0.2, -0.15) is 0 Å². The first-order chi connectivity index (χ1) is 9.65. The first-order valence-corrected chi connectivity index (χ1v) is 6.48. The van der Waals surface area contributed by atoms with E-state index < -0.39 is 0 Å². The lowest BCUT2D eigenvalue weighted by Gasteiger charge is -2.07. The number of ketones is 1. The fraction of sp³-hybridized carbons (Fsp3) is 0.118. The number of carbonyl (C=O) groups excluding carboxylic acids is 1. The molecule has 20 heavy (non-hydrogen) atoms. The van der Waals surface area contributed by atoms with Crippen LogP contribution in [0.1, 0.15) is 15.9 Å². The smallest absolute Gasteiger partial charge is 0.182 e. The monoisotopic (exact) mass is 267 g/mol. The molecule has 3 heteroatoms. The van der Waals surface area contributed by atoms with Gasteiger partial charge in [0.05, 0.1) is 6.54 Å². The molecular weight excluding hydrogens is 253 g/mol. The molecule has 0 saturated carbocycles. The van der Waals surface area contributed by atoms with Gasteiger partial charge in [0.15, 0.2) is 5.78 Å². The average Bonchev–Trinajstić information content (AvgIpc) is 2.81. The Kier molecular flexibility index (Phi) is 3.11. The number of hydrogen-bond donors (Lipinski definition) is 0. The van der Waals surface area contributed by atoms with Crippen LogP contribution in [-0.2, 0) is 6.54 Å². The van der Waals surface area contributed by atoms with E-state index in [0.717, 1.165) is 22.0 Å². The molecule has 0 amide bonds. The highest BCUT2D eigenvalue weighted by molar-refractivity contribution is 5.98. The number of aromatic nitrogens is 1. The molecule has 0 aliphatic heterocycles. The van der Waals surface area contributed by atoms with E-state index in [1.54, 1.807) is 6.07 Å². The molecule has 0 bridgehead atoms.